The third-order valence-electron chi connectivity index (χ3n) is 4.52. The summed E-state index contributed by atoms with van der Waals surface area (Å²) in [5.74, 6) is -0.419. The van der Waals surface area contributed by atoms with Crippen LogP contribution in [0.15, 0.2) is 61.1 Å². The molecule has 152 valence electrons. The number of nitrogens with zero attached hydrogens (tertiary/aromatic N) is 3. The number of carboxylic acids is 1. The number of aromatic nitrogens is 3. The molecule has 30 heavy (non-hydrogen) atoms. The van der Waals surface area contributed by atoms with E-state index in [2.05, 4.69) is 20.0 Å². The first-order valence-electron chi connectivity index (χ1n) is 8.90. The van der Waals surface area contributed by atoms with Gasteiger partial charge >= 0.3 is 12.6 Å². The Bertz CT molecular complexity index is 1220. The quantitative estimate of drug-likeness (QED) is 0.477. The van der Waals surface area contributed by atoms with Gasteiger partial charge in [-0.1, -0.05) is 0 Å². The van der Waals surface area contributed by atoms with Crippen molar-refractivity contribution >= 4 is 23.1 Å². The smallest absolute Gasteiger partial charge is 0.387 e. The number of benzene rings is 2. The van der Waals surface area contributed by atoms with E-state index in [1.165, 1.54) is 18.2 Å². The Morgan fingerprint density at radius 2 is 1.93 bits per heavy atom. The first-order chi connectivity index (χ1) is 14.4. The highest BCUT2D eigenvalue weighted by atomic mass is 19.3. The fourth-order valence-corrected chi connectivity index (χ4v) is 3.15. The molecule has 0 aliphatic carbocycles. The lowest BCUT2D eigenvalue weighted by Gasteiger charge is -2.10. The number of anilines is 2. The van der Waals surface area contributed by atoms with E-state index in [9.17, 15) is 13.6 Å². The second-order valence-corrected chi connectivity index (χ2v) is 6.48. The number of halogens is 2. The summed E-state index contributed by atoms with van der Waals surface area (Å²) < 4.78 is 30.9. The van der Waals surface area contributed by atoms with Crippen LogP contribution < -0.4 is 10.1 Å². The van der Waals surface area contributed by atoms with Gasteiger partial charge in [0.2, 0.25) is 0 Å². The van der Waals surface area contributed by atoms with E-state index >= 15 is 0 Å². The summed E-state index contributed by atoms with van der Waals surface area (Å²) in [5, 5.41) is 12.3. The average molecular weight is 410 g/mol. The van der Waals surface area contributed by atoms with Crippen molar-refractivity contribution < 1.29 is 23.4 Å². The van der Waals surface area contributed by atoms with Gasteiger partial charge in [-0.3, -0.25) is 4.40 Å². The van der Waals surface area contributed by atoms with E-state index in [0.717, 1.165) is 11.3 Å². The standard InChI is InChI=1S/C21H16F2N4O3/c1-12-10-14(4-7-16(12)20(28)29)26-18-19-25-11-17(27(19)9-8-24-18)13-2-5-15(6-3-13)30-21(22)23/h2-11,21H,1H3,(H,24,26)(H,28,29). The van der Waals surface area contributed by atoms with Gasteiger partial charge in [0.15, 0.2) is 11.5 Å². The summed E-state index contributed by atoms with van der Waals surface area (Å²) in [6.45, 7) is -1.16. The van der Waals surface area contributed by atoms with Crippen LogP contribution in [0.3, 0.4) is 0 Å². The molecule has 7 nitrogen and oxygen atoms in total. The molecule has 0 saturated heterocycles. The lowest BCUT2D eigenvalue weighted by Crippen LogP contribution is -2.02. The number of aromatic carboxylic acids is 1. The summed E-state index contributed by atoms with van der Waals surface area (Å²) >= 11 is 0. The van der Waals surface area contributed by atoms with Gasteiger partial charge in [-0.15, -0.1) is 0 Å². The molecule has 0 atom stereocenters. The fraction of sp³-hybridized carbons (Fsp3) is 0.0952. The van der Waals surface area contributed by atoms with E-state index in [1.807, 2.05) is 4.40 Å². The van der Waals surface area contributed by atoms with Crippen LogP contribution in [-0.4, -0.2) is 32.1 Å². The molecule has 0 spiro atoms. The third-order valence-corrected chi connectivity index (χ3v) is 4.52. The molecule has 0 aliphatic heterocycles. The zero-order valence-electron chi connectivity index (χ0n) is 15.7. The molecule has 2 N–H and O–H groups in total. The van der Waals surface area contributed by atoms with Gasteiger partial charge in [0.25, 0.3) is 0 Å². The lowest BCUT2D eigenvalue weighted by molar-refractivity contribution is -0.0498. The van der Waals surface area contributed by atoms with Crippen molar-refractivity contribution in [3.05, 3.63) is 72.2 Å². The highest BCUT2D eigenvalue weighted by Crippen LogP contribution is 2.27. The molecule has 2 aromatic carbocycles. The largest absolute Gasteiger partial charge is 0.478 e. The number of carboxylic acid groups (broad SMARTS) is 1. The molecule has 2 heterocycles. The maximum atomic E-state index is 12.3. The Labute approximate surface area is 169 Å². The molecular weight excluding hydrogens is 394 g/mol. The molecule has 0 aliphatic rings. The number of hydrogen-bond acceptors (Lipinski definition) is 5. The van der Waals surface area contributed by atoms with Crippen LogP contribution in [0.2, 0.25) is 0 Å². The molecule has 0 amide bonds. The highest BCUT2D eigenvalue weighted by molar-refractivity contribution is 5.90. The number of nitrogens with one attached hydrogen (secondary N) is 1. The predicted molar refractivity (Wildman–Crippen MR) is 106 cm³/mol. The van der Waals surface area contributed by atoms with Crippen LogP contribution >= 0.6 is 0 Å². The van der Waals surface area contributed by atoms with Gasteiger partial charge in [0.1, 0.15) is 5.75 Å². The molecular formula is C21H16F2N4O3. The summed E-state index contributed by atoms with van der Waals surface area (Å²) in [6, 6.07) is 11.2. The maximum Gasteiger partial charge on any atom is 0.387 e. The van der Waals surface area contributed by atoms with Gasteiger partial charge in [-0.2, -0.15) is 8.78 Å². The van der Waals surface area contributed by atoms with Crippen LogP contribution in [0.25, 0.3) is 16.9 Å². The van der Waals surface area contributed by atoms with Crippen molar-refractivity contribution in [3.8, 4) is 17.0 Å². The molecule has 0 saturated carbocycles. The van der Waals surface area contributed by atoms with Gasteiger partial charge in [-0.25, -0.2) is 14.8 Å². The minimum atomic E-state index is -2.88. The van der Waals surface area contributed by atoms with Crippen LogP contribution in [0, 0.1) is 6.92 Å². The molecule has 0 radical (unpaired) electrons. The minimum absolute atomic E-state index is 0.0757. The van der Waals surface area contributed by atoms with Crippen LogP contribution in [-0.2, 0) is 0 Å². The Balaban J connectivity index is 1.65. The Hall–Kier alpha value is -4.01. The molecule has 4 aromatic rings. The van der Waals surface area contributed by atoms with Crippen molar-refractivity contribution in [1.82, 2.24) is 14.4 Å². The van der Waals surface area contributed by atoms with Gasteiger partial charge in [0, 0.05) is 23.6 Å². The summed E-state index contributed by atoms with van der Waals surface area (Å²) in [4.78, 5) is 19.9. The lowest BCUT2D eigenvalue weighted by atomic mass is 10.1. The van der Waals surface area contributed by atoms with Gasteiger partial charge in [-0.05, 0) is 55.0 Å². The molecule has 9 heteroatoms. The van der Waals surface area contributed by atoms with E-state index in [-0.39, 0.29) is 11.3 Å². The van der Waals surface area contributed by atoms with E-state index < -0.39 is 12.6 Å². The molecule has 2 aromatic heterocycles. The van der Waals surface area contributed by atoms with E-state index in [4.69, 9.17) is 5.11 Å². The minimum Gasteiger partial charge on any atom is -0.478 e. The molecule has 0 fully saturated rings. The Morgan fingerprint density at radius 1 is 1.17 bits per heavy atom. The number of hydrogen-bond donors (Lipinski definition) is 2. The number of alkyl halides is 2. The first-order valence-corrected chi connectivity index (χ1v) is 8.90. The van der Waals surface area contributed by atoms with Crippen molar-refractivity contribution in [3.63, 3.8) is 0 Å². The molecule has 4 rings (SSSR count). The van der Waals surface area contributed by atoms with E-state index in [0.29, 0.717) is 22.7 Å². The summed E-state index contributed by atoms with van der Waals surface area (Å²) in [7, 11) is 0. The van der Waals surface area contributed by atoms with Gasteiger partial charge in [0.05, 0.1) is 17.5 Å². The summed E-state index contributed by atoms with van der Waals surface area (Å²) in [6.07, 6.45) is 5.00. The zero-order chi connectivity index (χ0) is 21.3. The number of imidazole rings is 1. The average Bonchev–Trinajstić information content (AvgIpc) is 3.13. The van der Waals surface area contributed by atoms with Crippen molar-refractivity contribution in [2.45, 2.75) is 13.5 Å². The number of ether oxygens (including phenoxy) is 1. The van der Waals surface area contributed by atoms with E-state index in [1.54, 1.807) is 49.8 Å². The topological polar surface area (TPSA) is 88.8 Å². The maximum absolute atomic E-state index is 12.3. The predicted octanol–water partition coefficient (Wildman–Crippen LogP) is 4.75. The second kappa shape index (κ2) is 7.78. The zero-order valence-corrected chi connectivity index (χ0v) is 15.7. The second-order valence-electron chi connectivity index (χ2n) is 6.48. The number of fused-ring (bicyclic) bond motifs is 1. The Morgan fingerprint density at radius 3 is 2.60 bits per heavy atom. The summed E-state index contributed by atoms with van der Waals surface area (Å²) in [5.41, 5.74) is 3.60. The number of aryl methyl sites for hydroxylation is 1. The van der Waals surface area contributed by atoms with Crippen molar-refractivity contribution in [1.29, 1.82) is 0 Å². The van der Waals surface area contributed by atoms with Crippen LogP contribution in [0.4, 0.5) is 20.3 Å². The van der Waals surface area contributed by atoms with Crippen LogP contribution in [0.1, 0.15) is 15.9 Å². The molecule has 0 unspecified atom stereocenters. The highest BCUT2D eigenvalue weighted by Gasteiger charge is 2.13. The Kier molecular flexibility index (Phi) is 5.01. The third kappa shape index (κ3) is 3.77. The first kappa shape index (κ1) is 19.3. The SMILES string of the molecule is Cc1cc(Nc2nccn3c(-c4ccc(OC(F)F)cc4)cnc23)ccc1C(=O)O. The monoisotopic (exact) mass is 410 g/mol. The van der Waals surface area contributed by atoms with Crippen molar-refractivity contribution in [2.24, 2.45) is 0 Å². The normalized spacial score (nSPS) is 11.1. The number of rotatable bonds is 6. The fourth-order valence-electron chi connectivity index (χ4n) is 3.15. The molecule has 0 bridgehead atoms. The van der Waals surface area contributed by atoms with Crippen LogP contribution in [0.5, 0.6) is 5.75 Å². The number of carbonyl (C=O) groups is 1. The van der Waals surface area contributed by atoms with Gasteiger partial charge < -0.3 is 15.2 Å². The van der Waals surface area contributed by atoms with Crippen molar-refractivity contribution in [2.75, 3.05) is 5.32 Å².